The Balaban J connectivity index is 1.70. The van der Waals surface area contributed by atoms with E-state index in [1.165, 1.54) is 11.8 Å². The lowest BCUT2D eigenvalue weighted by Gasteiger charge is -2.29. The Kier molecular flexibility index (Phi) is 10.4. The summed E-state index contributed by atoms with van der Waals surface area (Å²) in [6, 6.07) is 2.99. The predicted molar refractivity (Wildman–Crippen MR) is 148 cm³/mol. The lowest BCUT2D eigenvalue weighted by atomic mass is 10.0. The van der Waals surface area contributed by atoms with Crippen molar-refractivity contribution in [3.05, 3.63) is 36.0 Å². The Bertz CT molecular complexity index is 1240. The second kappa shape index (κ2) is 13.8. The average Bonchev–Trinajstić information content (AvgIpc) is 3.56. The first-order valence-electron chi connectivity index (χ1n) is 13.2. The number of carbonyl (C=O) groups is 4. The van der Waals surface area contributed by atoms with Crippen LogP contribution >= 0.6 is 0 Å². The summed E-state index contributed by atoms with van der Waals surface area (Å²) in [6.45, 7) is 1.74. The molecule has 218 valence electrons. The van der Waals surface area contributed by atoms with Crippen LogP contribution in [0.4, 0.5) is 0 Å². The summed E-state index contributed by atoms with van der Waals surface area (Å²) >= 11 is 0. The van der Waals surface area contributed by atoms with E-state index in [4.69, 9.17) is 17.2 Å². The van der Waals surface area contributed by atoms with E-state index in [2.05, 4.69) is 20.6 Å². The normalized spacial score (nSPS) is 18.0. The number of nitrogens with one attached hydrogen (secondary N) is 3. The van der Waals surface area contributed by atoms with Gasteiger partial charge in [-0.3, -0.25) is 19.4 Å². The lowest BCUT2D eigenvalue weighted by molar-refractivity contribution is -0.149. The highest BCUT2D eigenvalue weighted by Crippen LogP contribution is 2.20. The van der Waals surface area contributed by atoms with Crippen molar-refractivity contribution in [1.82, 2.24) is 20.5 Å². The molecule has 1 aliphatic rings. The number of hydrogen-bond acceptors (Lipinski definition) is 7. The molecule has 5 atom stereocenters. The van der Waals surface area contributed by atoms with E-state index in [0.717, 1.165) is 16.5 Å². The van der Waals surface area contributed by atoms with Crippen molar-refractivity contribution in [2.75, 3.05) is 13.1 Å². The minimum atomic E-state index is -1.41. The number of aromatic amines is 1. The van der Waals surface area contributed by atoms with Crippen LogP contribution in [0.5, 0.6) is 0 Å². The number of likely N-dealkylation sites (tertiary alicyclic amines) is 1. The molecule has 3 amide bonds. The van der Waals surface area contributed by atoms with Gasteiger partial charge in [0.2, 0.25) is 17.7 Å². The number of nitrogens with two attached hydrogens (primary N) is 3. The maximum atomic E-state index is 13.3. The summed E-state index contributed by atoms with van der Waals surface area (Å²) in [6.07, 6.45) is 1.85. The number of H-pyrrole nitrogens is 1. The van der Waals surface area contributed by atoms with Gasteiger partial charge in [0.25, 0.3) is 0 Å². The van der Waals surface area contributed by atoms with Gasteiger partial charge in [-0.1, -0.05) is 18.2 Å². The molecule has 2 heterocycles. The monoisotopic (exact) mass is 558 g/mol. The van der Waals surface area contributed by atoms with E-state index in [0.29, 0.717) is 19.3 Å². The number of hydrogen-bond donors (Lipinski definition) is 8. The van der Waals surface area contributed by atoms with E-state index < -0.39 is 54.0 Å². The van der Waals surface area contributed by atoms with Crippen LogP contribution in [0, 0.1) is 0 Å². The van der Waals surface area contributed by atoms with Gasteiger partial charge < -0.3 is 47.9 Å². The predicted octanol–water partition coefficient (Wildman–Crippen LogP) is -1.48. The molecule has 1 aromatic heterocycles. The molecule has 11 N–H and O–H groups in total. The van der Waals surface area contributed by atoms with Crippen molar-refractivity contribution in [3.63, 3.8) is 0 Å². The minimum Gasteiger partial charge on any atom is -0.480 e. The molecule has 1 fully saturated rings. The number of aliphatic imine (C=N–C) groups is 1. The molecule has 1 aliphatic heterocycles. The molecule has 1 saturated heterocycles. The summed E-state index contributed by atoms with van der Waals surface area (Å²) in [5.74, 6) is -3.30. The molecule has 40 heavy (non-hydrogen) atoms. The molecular weight excluding hydrogens is 520 g/mol. The lowest BCUT2D eigenvalue weighted by Crippen LogP contribution is -2.60. The topological polar surface area (TPSA) is 242 Å². The van der Waals surface area contributed by atoms with Gasteiger partial charge in [0.05, 0.1) is 12.1 Å². The third kappa shape index (κ3) is 7.70. The van der Waals surface area contributed by atoms with Crippen LogP contribution in [-0.2, 0) is 25.6 Å². The van der Waals surface area contributed by atoms with Gasteiger partial charge in [0.1, 0.15) is 18.1 Å². The van der Waals surface area contributed by atoms with Gasteiger partial charge in [0.15, 0.2) is 5.96 Å². The average molecular weight is 559 g/mol. The van der Waals surface area contributed by atoms with Crippen LogP contribution in [0.25, 0.3) is 10.9 Å². The van der Waals surface area contributed by atoms with Crippen LogP contribution in [0.2, 0.25) is 0 Å². The highest BCUT2D eigenvalue weighted by atomic mass is 16.4. The molecule has 5 unspecified atom stereocenters. The van der Waals surface area contributed by atoms with Crippen LogP contribution in [-0.4, -0.2) is 93.1 Å². The number of nitrogens with zero attached hydrogens (tertiary/aromatic N) is 2. The number of carboxylic acid groups (broad SMARTS) is 1. The maximum absolute atomic E-state index is 13.3. The van der Waals surface area contributed by atoms with E-state index in [1.54, 1.807) is 6.20 Å². The number of guanidine groups is 1. The molecule has 14 nitrogen and oxygen atoms in total. The number of para-hydroxylation sites is 1. The fourth-order valence-corrected chi connectivity index (χ4v) is 4.81. The number of aliphatic carboxylic acids is 1. The molecule has 0 spiro atoms. The van der Waals surface area contributed by atoms with Crippen molar-refractivity contribution >= 4 is 40.6 Å². The Morgan fingerprint density at radius 1 is 1.18 bits per heavy atom. The summed E-state index contributed by atoms with van der Waals surface area (Å²) in [5, 5.41) is 25.8. The first-order valence-corrected chi connectivity index (χ1v) is 13.2. The number of aliphatic hydroxyl groups is 1. The van der Waals surface area contributed by atoms with Crippen LogP contribution in [0.15, 0.2) is 35.5 Å². The fourth-order valence-electron chi connectivity index (χ4n) is 4.81. The summed E-state index contributed by atoms with van der Waals surface area (Å²) in [5.41, 5.74) is 18.6. The third-order valence-electron chi connectivity index (χ3n) is 6.89. The Hall–Kier alpha value is -4.17. The number of rotatable bonds is 13. The summed E-state index contributed by atoms with van der Waals surface area (Å²) in [4.78, 5) is 59.3. The van der Waals surface area contributed by atoms with Crippen LogP contribution in [0.3, 0.4) is 0 Å². The quantitative estimate of drug-likeness (QED) is 0.0810. The molecular formula is C26H38N8O6. The van der Waals surface area contributed by atoms with Crippen molar-refractivity contribution < 1.29 is 29.4 Å². The summed E-state index contributed by atoms with van der Waals surface area (Å²) in [7, 11) is 0. The number of carbonyl (C=O) groups excluding carboxylic acids is 3. The Labute approximate surface area is 231 Å². The zero-order chi connectivity index (χ0) is 29.4. The van der Waals surface area contributed by atoms with Gasteiger partial charge in [-0.15, -0.1) is 0 Å². The number of benzene rings is 1. The van der Waals surface area contributed by atoms with Gasteiger partial charge >= 0.3 is 5.97 Å². The van der Waals surface area contributed by atoms with Crippen LogP contribution in [0.1, 0.15) is 38.2 Å². The number of amides is 3. The first-order chi connectivity index (χ1) is 19.0. The van der Waals surface area contributed by atoms with Gasteiger partial charge in [-0.05, 0) is 50.7 Å². The highest BCUT2D eigenvalue weighted by molar-refractivity contribution is 5.95. The number of aliphatic hydroxyl groups excluding tert-OH is 1. The third-order valence-corrected chi connectivity index (χ3v) is 6.89. The molecule has 14 heteroatoms. The molecule has 0 bridgehead atoms. The standard InChI is InChI=1S/C26H38N8O6/c1-14(35)21(33-22(36)17(27)12-15-13-31-18-7-3-2-6-16(15)18)23(37)32-19(8-4-10-30-26(28)29)24(38)34-11-5-9-20(34)25(39)40/h2-3,6-7,13-14,17,19-21,31,35H,4-5,8-12,27H2,1H3,(H,32,37)(H,33,36)(H,39,40)(H4,28,29,30). The largest absolute Gasteiger partial charge is 0.480 e. The number of fused-ring (bicyclic) bond motifs is 1. The van der Waals surface area contributed by atoms with E-state index >= 15 is 0 Å². The molecule has 0 saturated carbocycles. The Morgan fingerprint density at radius 3 is 2.58 bits per heavy atom. The van der Waals surface area contributed by atoms with Gasteiger partial charge in [-0.25, -0.2) is 4.79 Å². The minimum absolute atomic E-state index is 0.102. The highest BCUT2D eigenvalue weighted by Gasteiger charge is 2.38. The molecule has 0 aliphatic carbocycles. The second-order valence-electron chi connectivity index (χ2n) is 9.93. The van der Waals surface area contributed by atoms with Crippen molar-refractivity contribution in [3.8, 4) is 0 Å². The van der Waals surface area contributed by atoms with E-state index in [-0.39, 0.29) is 31.9 Å². The Morgan fingerprint density at radius 2 is 1.90 bits per heavy atom. The smallest absolute Gasteiger partial charge is 0.326 e. The zero-order valence-electron chi connectivity index (χ0n) is 22.4. The zero-order valence-corrected chi connectivity index (χ0v) is 22.4. The number of carboxylic acids is 1. The maximum Gasteiger partial charge on any atom is 0.326 e. The number of aromatic nitrogens is 1. The molecule has 2 aromatic rings. The summed E-state index contributed by atoms with van der Waals surface area (Å²) < 4.78 is 0. The first kappa shape index (κ1) is 30.4. The second-order valence-corrected chi connectivity index (χ2v) is 9.93. The SMILES string of the molecule is CC(O)C(NC(=O)C(N)Cc1c[nH]c2ccccc12)C(=O)NC(CCCN=C(N)N)C(=O)N1CCCC1C(=O)O. The molecule has 1 aromatic carbocycles. The van der Waals surface area contributed by atoms with Crippen molar-refractivity contribution in [2.24, 2.45) is 22.2 Å². The van der Waals surface area contributed by atoms with Crippen LogP contribution < -0.4 is 27.8 Å². The van der Waals surface area contributed by atoms with E-state index in [9.17, 15) is 29.4 Å². The van der Waals surface area contributed by atoms with Crippen molar-refractivity contribution in [2.45, 2.75) is 69.3 Å². The van der Waals surface area contributed by atoms with Gasteiger partial charge in [-0.2, -0.15) is 0 Å². The van der Waals surface area contributed by atoms with Crippen molar-refractivity contribution in [1.29, 1.82) is 0 Å². The fraction of sp³-hybridized carbons (Fsp3) is 0.500. The molecule has 0 radical (unpaired) electrons. The molecule has 3 rings (SSSR count). The van der Waals surface area contributed by atoms with Gasteiger partial charge in [0, 0.05) is 30.2 Å². The van der Waals surface area contributed by atoms with E-state index in [1.807, 2.05) is 24.3 Å².